The van der Waals surface area contributed by atoms with Gasteiger partial charge < -0.3 is 5.11 Å². The minimum Gasteiger partial charge on any atom is -0.477 e. The van der Waals surface area contributed by atoms with Crippen molar-refractivity contribution in [2.24, 2.45) is 0 Å². The smallest absolute Gasteiger partial charge is 0.435 e. The Kier molecular flexibility index (Phi) is 3.76. The third kappa shape index (κ3) is 2.96. The van der Waals surface area contributed by atoms with Gasteiger partial charge in [0.1, 0.15) is 10.7 Å². The van der Waals surface area contributed by atoms with Gasteiger partial charge in [-0.25, -0.2) is 14.2 Å². The van der Waals surface area contributed by atoms with Crippen LogP contribution in [-0.2, 0) is 12.6 Å². The maximum atomic E-state index is 13.4. The van der Waals surface area contributed by atoms with Crippen LogP contribution >= 0.6 is 11.3 Å². The second-order valence-electron chi connectivity index (χ2n) is 3.86. The molecule has 0 amide bonds. The molecule has 0 saturated heterocycles. The fourth-order valence-electron chi connectivity index (χ4n) is 1.58. The molecule has 0 aliphatic carbocycles. The van der Waals surface area contributed by atoms with Crippen LogP contribution in [0.4, 0.5) is 17.6 Å². The number of carboxylic acids is 1. The highest BCUT2D eigenvalue weighted by Gasteiger charge is 2.39. The summed E-state index contributed by atoms with van der Waals surface area (Å²) in [7, 11) is 0. The predicted molar refractivity (Wildman–Crippen MR) is 63.3 cm³/mol. The van der Waals surface area contributed by atoms with E-state index in [1.54, 1.807) is 0 Å². The second-order valence-corrected chi connectivity index (χ2v) is 4.94. The molecule has 0 unspecified atom stereocenters. The summed E-state index contributed by atoms with van der Waals surface area (Å²) < 4.78 is 51.4. The fraction of sp³-hybridized carbons (Fsp3) is 0.167. The largest absolute Gasteiger partial charge is 0.477 e. The Labute approximate surface area is 114 Å². The second kappa shape index (κ2) is 5.20. The van der Waals surface area contributed by atoms with Gasteiger partial charge in [-0.05, 0) is 11.6 Å². The van der Waals surface area contributed by atoms with E-state index < -0.39 is 28.5 Å². The molecule has 8 heteroatoms. The van der Waals surface area contributed by atoms with E-state index in [1.165, 1.54) is 24.3 Å². The quantitative estimate of drug-likeness (QED) is 0.882. The maximum absolute atomic E-state index is 13.4. The molecule has 0 atom stereocenters. The van der Waals surface area contributed by atoms with Gasteiger partial charge in [0.05, 0.1) is 5.01 Å². The van der Waals surface area contributed by atoms with Crippen LogP contribution < -0.4 is 0 Å². The lowest BCUT2D eigenvalue weighted by atomic mass is 10.1. The molecule has 106 valence electrons. The molecule has 20 heavy (non-hydrogen) atoms. The van der Waals surface area contributed by atoms with Gasteiger partial charge in [0.15, 0.2) is 5.69 Å². The molecule has 2 rings (SSSR count). The highest BCUT2D eigenvalue weighted by Crippen LogP contribution is 2.35. The molecule has 0 radical (unpaired) electrons. The minimum absolute atomic E-state index is 0.0974. The molecule has 1 N–H and O–H groups in total. The lowest BCUT2D eigenvalue weighted by Gasteiger charge is -2.02. The first-order valence-electron chi connectivity index (χ1n) is 5.32. The minimum atomic E-state index is -4.85. The summed E-state index contributed by atoms with van der Waals surface area (Å²) in [6, 6.07) is 5.56. The normalized spacial score (nSPS) is 11.6. The van der Waals surface area contributed by atoms with Crippen molar-refractivity contribution in [3.8, 4) is 0 Å². The van der Waals surface area contributed by atoms with E-state index in [2.05, 4.69) is 4.98 Å². The van der Waals surface area contributed by atoms with E-state index in [4.69, 9.17) is 5.11 Å². The fourth-order valence-corrected chi connectivity index (χ4v) is 2.53. The number of aromatic nitrogens is 1. The number of hydrogen-bond acceptors (Lipinski definition) is 3. The molecule has 0 bridgehead atoms. The van der Waals surface area contributed by atoms with Crippen LogP contribution in [0.5, 0.6) is 0 Å². The van der Waals surface area contributed by atoms with Crippen molar-refractivity contribution in [1.29, 1.82) is 0 Å². The zero-order chi connectivity index (χ0) is 14.9. The SMILES string of the molecule is O=C(O)c1sc(Cc2ccccc2F)nc1C(F)(F)F. The standard InChI is InChI=1S/C12H7F4NO2S/c13-7-4-2-1-3-6(7)5-8-17-10(12(14,15)16)9(20-8)11(18)19/h1-4H,5H2,(H,18,19). The van der Waals surface area contributed by atoms with Gasteiger partial charge in [0, 0.05) is 6.42 Å². The summed E-state index contributed by atoms with van der Waals surface area (Å²) >= 11 is 0.401. The molecular formula is C12H7F4NO2S. The van der Waals surface area contributed by atoms with E-state index in [-0.39, 0.29) is 17.0 Å². The first-order chi connectivity index (χ1) is 9.29. The third-order valence-corrected chi connectivity index (χ3v) is 3.48. The highest BCUT2D eigenvalue weighted by molar-refractivity contribution is 7.13. The number of halogens is 4. The molecule has 0 spiro atoms. The number of nitrogens with zero attached hydrogens (tertiary/aromatic N) is 1. The van der Waals surface area contributed by atoms with Gasteiger partial charge in [-0.15, -0.1) is 11.3 Å². The van der Waals surface area contributed by atoms with Crippen LogP contribution in [0.2, 0.25) is 0 Å². The van der Waals surface area contributed by atoms with Gasteiger partial charge in [-0.3, -0.25) is 0 Å². The van der Waals surface area contributed by atoms with Crippen LogP contribution in [0.1, 0.15) is 25.9 Å². The summed E-state index contributed by atoms with van der Waals surface area (Å²) in [5.41, 5.74) is -1.28. The first-order valence-corrected chi connectivity index (χ1v) is 6.14. The Morgan fingerprint density at radius 2 is 1.95 bits per heavy atom. The average Bonchev–Trinajstić information content (AvgIpc) is 2.76. The topological polar surface area (TPSA) is 50.2 Å². The molecule has 2 aromatic rings. The van der Waals surface area contributed by atoms with Crippen molar-refractivity contribution in [2.75, 3.05) is 0 Å². The zero-order valence-electron chi connectivity index (χ0n) is 9.74. The van der Waals surface area contributed by atoms with Crippen molar-refractivity contribution in [3.63, 3.8) is 0 Å². The van der Waals surface area contributed by atoms with Gasteiger partial charge in [0.2, 0.25) is 0 Å². The van der Waals surface area contributed by atoms with Crippen molar-refractivity contribution in [2.45, 2.75) is 12.6 Å². The van der Waals surface area contributed by atoms with E-state index in [0.29, 0.717) is 11.3 Å². The Bertz CT molecular complexity index is 651. The third-order valence-electron chi connectivity index (χ3n) is 2.43. The Morgan fingerprint density at radius 1 is 1.30 bits per heavy atom. The monoisotopic (exact) mass is 305 g/mol. The van der Waals surface area contributed by atoms with Gasteiger partial charge in [-0.2, -0.15) is 13.2 Å². The number of rotatable bonds is 3. The van der Waals surface area contributed by atoms with Crippen molar-refractivity contribution in [3.05, 3.63) is 51.2 Å². The molecule has 0 fully saturated rings. The van der Waals surface area contributed by atoms with E-state index in [1.807, 2.05) is 0 Å². The van der Waals surface area contributed by atoms with Crippen LogP contribution in [0.25, 0.3) is 0 Å². The molecule has 1 heterocycles. The summed E-state index contributed by atoms with van der Waals surface area (Å²) in [6.07, 6.45) is -5.04. The van der Waals surface area contributed by atoms with Crippen molar-refractivity contribution in [1.82, 2.24) is 4.98 Å². The number of hydrogen-bond donors (Lipinski definition) is 1. The molecule has 1 aromatic carbocycles. The number of aromatic carboxylic acids is 1. The van der Waals surface area contributed by atoms with E-state index in [0.717, 1.165) is 0 Å². The van der Waals surface area contributed by atoms with Gasteiger partial charge in [0.25, 0.3) is 0 Å². The van der Waals surface area contributed by atoms with Gasteiger partial charge >= 0.3 is 12.1 Å². The highest BCUT2D eigenvalue weighted by atomic mass is 32.1. The summed E-state index contributed by atoms with van der Waals surface area (Å²) in [5.74, 6) is -2.28. The van der Waals surface area contributed by atoms with Crippen molar-refractivity contribution < 1.29 is 27.5 Å². The molecule has 3 nitrogen and oxygen atoms in total. The summed E-state index contributed by atoms with van der Waals surface area (Å²) in [5, 5.41) is 8.66. The number of carbonyl (C=O) groups is 1. The molecule has 0 saturated carbocycles. The number of alkyl halides is 3. The Balaban J connectivity index is 2.40. The molecule has 0 aliphatic heterocycles. The van der Waals surface area contributed by atoms with Crippen LogP contribution in [0.15, 0.2) is 24.3 Å². The number of carboxylic acid groups (broad SMARTS) is 1. The molecule has 1 aromatic heterocycles. The predicted octanol–water partition coefficient (Wildman–Crippen LogP) is 3.59. The lowest BCUT2D eigenvalue weighted by molar-refractivity contribution is -0.141. The van der Waals surface area contributed by atoms with Crippen LogP contribution in [-0.4, -0.2) is 16.1 Å². The van der Waals surface area contributed by atoms with Crippen molar-refractivity contribution >= 4 is 17.3 Å². The zero-order valence-corrected chi connectivity index (χ0v) is 10.6. The molecule has 0 aliphatic rings. The summed E-state index contributed by atoms with van der Waals surface area (Å²) in [4.78, 5) is 13.2. The Hall–Kier alpha value is -1.96. The number of thiazole rings is 1. The molecular weight excluding hydrogens is 298 g/mol. The summed E-state index contributed by atoms with van der Waals surface area (Å²) in [6.45, 7) is 0. The van der Waals surface area contributed by atoms with E-state index in [9.17, 15) is 22.4 Å². The van der Waals surface area contributed by atoms with Gasteiger partial charge in [-0.1, -0.05) is 18.2 Å². The average molecular weight is 305 g/mol. The van der Waals surface area contributed by atoms with Crippen LogP contribution in [0, 0.1) is 5.82 Å². The number of benzene rings is 1. The van der Waals surface area contributed by atoms with Crippen LogP contribution in [0.3, 0.4) is 0 Å². The lowest BCUT2D eigenvalue weighted by Crippen LogP contribution is -2.11. The maximum Gasteiger partial charge on any atom is 0.435 e. The Morgan fingerprint density at radius 3 is 2.45 bits per heavy atom. The van der Waals surface area contributed by atoms with E-state index >= 15 is 0 Å². The first kappa shape index (κ1) is 14.4.